The monoisotopic (exact) mass is 997 g/mol. The number of ether oxygens (including phenoxy) is 9. The largest absolute Gasteiger partial charge is 0.387 e. The summed E-state index contributed by atoms with van der Waals surface area (Å²) in [7, 11) is 0. The average Bonchev–Trinajstić information content (AvgIpc) is 3.46. The van der Waals surface area contributed by atoms with Crippen LogP contribution in [0.3, 0.4) is 0 Å². The quantitative estimate of drug-likeness (QED) is 0.0333. The van der Waals surface area contributed by atoms with Crippen molar-refractivity contribution in [3.05, 3.63) is 262 Å². The molecule has 11 atom stereocenters. The van der Waals surface area contributed by atoms with Crippen molar-refractivity contribution < 1.29 is 47.7 Å². The lowest BCUT2D eigenvalue weighted by atomic mass is 9.83. The van der Waals surface area contributed by atoms with Crippen LogP contribution in [-0.4, -0.2) is 79.0 Å². The van der Waals surface area contributed by atoms with Crippen LogP contribution >= 0.6 is 0 Å². The predicted octanol–water partition coefficient (Wildman–Crippen LogP) is 10.9. The zero-order valence-corrected chi connectivity index (χ0v) is 41.2. The maximum absolute atomic E-state index is 13.1. The number of aliphatic hydroxyl groups is 1. The summed E-state index contributed by atoms with van der Waals surface area (Å²) in [6.45, 7) is 1.31. The summed E-state index contributed by atoms with van der Waals surface area (Å²) >= 11 is 0. The fraction of sp³-hybridized carbons (Fsp3) is 0.311. The molecule has 382 valence electrons. The summed E-state index contributed by atoms with van der Waals surface area (Å²) in [5.41, 5.74) is 16.8. The van der Waals surface area contributed by atoms with Crippen LogP contribution < -0.4 is 0 Å². The molecular formula is C61H63N3O10. The summed E-state index contributed by atoms with van der Waals surface area (Å²) in [4.78, 5) is 3.36. The number of hydrogen-bond acceptors (Lipinski definition) is 11. The molecule has 2 fully saturated rings. The van der Waals surface area contributed by atoms with Gasteiger partial charge in [-0.05, 0) is 44.5 Å². The first-order valence-corrected chi connectivity index (χ1v) is 25.2. The third-order valence-corrected chi connectivity index (χ3v) is 13.2. The Balaban J connectivity index is 1.11. The lowest BCUT2D eigenvalue weighted by molar-refractivity contribution is -0.338. The Hall–Kier alpha value is -6.55. The van der Waals surface area contributed by atoms with Gasteiger partial charge in [0.1, 0.15) is 61.0 Å². The first-order chi connectivity index (χ1) is 36.6. The van der Waals surface area contributed by atoms with E-state index in [1.54, 1.807) is 0 Å². The van der Waals surface area contributed by atoms with Gasteiger partial charge in [0.15, 0.2) is 6.29 Å². The van der Waals surface area contributed by atoms with Gasteiger partial charge in [-0.25, -0.2) is 0 Å². The second kappa shape index (κ2) is 27.7. The molecule has 1 aliphatic carbocycles. The SMILES string of the molecule is [N-]=[N+]=N[C@H]1[C@@H](O[C@H]2[C@H](O)[C@H](OCc3ccccc3)[C@H](OCc3ccccc3)[C@@H](OCc3ccccc3)[C@@H]2OCc2ccccc2)O[C@H](COCc2ccccc2)[C@@H](OCc2ccccc2)[C@@H]1OCc1ccccc1. The number of benzene rings is 7. The highest BCUT2D eigenvalue weighted by molar-refractivity contribution is 5.20. The van der Waals surface area contributed by atoms with Crippen LogP contribution in [0.2, 0.25) is 0 Å². The first-order valence-electron chi connectivity index (χ1n) is 25.2. The maximum atomic E-state index is 13.1. The molecule has 0 radical (unpaired) electrons. The predicted molar refractivity (Wildman–Crippen MR) is 279 cm³/mol. The topological polar surface area (TPSA) is 152 Å². The molecule has 1 saturated heterocycles. The zero-order valence-electron chi connectivity index (χ0n) is 41.2. The number of aliphatic hydroxyl groups excluding tert-OH is 1. The van der Waals surface area contributed by atoms with Crippen LogP contribution in [0.15, 0.2) is 217 Å². The molecule has 1 N–H and O–H groups in total. The van der Waals surface area contributed by atoms with Crippen molar-refractivity contribution in [2.24, 2.45) is 5.11 Å². The van der Waals surface area contributed by atoms with Crippen LogP contribution in [0, 0.1) is 0 Å². The second-order valence-electron chi connectivity index (χ2n) is 18.4. The van der Waals surface area contributed by atoms with Crippen molar-refractivity contribution >= 4 is 0 Å². The Kier molecular flexibility index (Phi) is 19.6. The average molecular weight is 998 g/mol. The fourth-order valence-electron chi connectivity index (χ4n) is 9.39. The normalized spacial score (nSPS) is 24.7. The van der Waals surface area contributed by atoms with Crippen LogP contribution in [0.5, 0.6) is 0 Å². The third kappa shape index (κ3) is 14.6. The second-order valence-corrected chi connectivity index (χ2v) is 18.4. The molecule has 74 heavy (non-hydrogen) atoms. The number of rotatable bonds is 25. The van der Waals surface area contributed by atoms with Crippen molar-refractivity contribution in [3.8, 4) is 0 Å². The highest BCUT2D eigenvalue weighted by atomic mass is 16.7. The molecule has 1 heterocycles. The van der Waals surface area contributed by atoms with Gasteiger partial charge in [-0.15, -0.1) is 0 Å². The minimum Gasteiger partial charge on any atom is -0.387 e. The van der Waals surface area contributed by atoms with E-state index in [1.165, 1.54) is 0 Å². The Labute approximate surface area is 433 Å². The van der Waals surface area contributed by atoms with E-state index in [0.29, 0.717) is 0 Å². The summed E-state index contributed by atoms with van der Waals surface area (Å²) in [5, 5.41) is 17.5. The minimum absolute atomic E-state index is 0.0462. The highest BCUT2D eigenvalue weighted by Gasteiger charge is 2.57. The van der Waals surface area contributed by atoms with Gasteiger partial charge >= 0.3 is 0 Å². The maximum Gasteiger partial charge on any atom is 0.169 e. The van der Waals surface area contributed by atoms with Crippen molar-refractivity contribution in [3.63, 3.8) is 0 Å². The van der Waals surface area contributed by atoms with E-state index in [-0.39, 0.29) is 52.9 Å². The third-order valence-electron chi connectivity index (χ3n) is 13.2. The van der Waals surface area contributed by atoms with Crippen LogP contribution in [0.1, 0.15) is 38.9 Å². The van der Waals surface area contributed by atoms with Gasteiger partial charge in [-0.1, -0.05) is 217 Å². The summed E-state index contributed by atoms with van der Waals surface area (Å²) in [6, 6.07) is 67.4. The van der Waals surface area contributed by atoms with Gasteiger partial charge in [-0.2, -0.15) is 0 Å². The van der Waals surface area contributed by atoms with Crippen LogP contribution in [-0.2, 0) is 88.9 Å². The number of nitrogens with zero attached hydrogens (tertiary/aromatic N) is 3. The number of hydrogen-bond donors (Lipinski definition) is 1. The van der Waals surface area contributed by atoms with Crippen molar-refractivity contribution in [1.29, 1.82) is 0 Å². The van der Waals surface area contributed by atoms with Gasteiger partial charge in [0.05, 0.1) is 52.9 Å². The molecule has 1 aliphatic heterocycles. The van der Waals surface area contributed by atoms with Crippen molar-refractivity contribution in [1.82, 2.24) is 0 Å². The Bertz CT molecular complexity index is 2710. The standard InChI is InChI=1S/C61H63N3O10/c62-64-63-52-55(68-38-46-26-12-3-13-27-46)54(67-37-45-24-10-2-11-25-45)51(43-66-36-44-22-8-1-9-23-44)73-61(52)74-57-53(65)56(69-39-47-28-14-4-15-29-47)58(70-40-48-30-16-5-17-31-48)60(72-42-50-34-20-7-21-35-50)59(57)71-41-49-32-18-6-19-33-49/h1-35,51-61,65H,36-43H2/t51-,52-,53-,54-,55-,56+,57+,58+,59-,60-,61-/m1/s1. The van der Waals surface area contributed by atoms with Crippen molar-refractivity contribution in [2.75, 3.05) is 6.61 Å². The van der Waals surface area contributed by atoms with E-state index in [1.807, 2.05) is 212 Å². The molecule has 7 aromatic rings. The lowest BCUT2D eigenvalue weighted by Crippen LogP contribution is -2.69. The molecule has 13 heteroatoms. The fourth-order valence-corrected chi connectivity index (χ4v) is 9.39. The molecule has 2 aliphatic rings. The molecule has 0 spiro atoms. The highest BCUT2D eigenvalue weighted by Crippen LogP contribution is 2.38. The summed E-state index contributed by atoms with van der Waals surface area (Å²) < 4.78 is 62.0. The number of azide groups is 1. The van der Waals surface area contributed by atoms with E-state index in [0.717, 1.165) is 38.9 Å². The molecule has 7 aromatic carbocycles. The molecule has 0 amide bonds. The molecule has 0 bridgehead atoms. The van der Waals surface area contributed by atoms with E-state index in [9.17, 15) is 10.6 Å². The van der Waals surface area contributed by atoms with Crippen LogP contribution in [0.4, 0.5) is 0 Å². The Morgan fingerprint density at radius 1 is 0.378 bits per heavy atom. The summed E-state index contributed by atoms with van der Waals surface area (Å²) in [5.74, 6) is 0. The van der Waals surface area contributed by atoms with Gasteiger partial charge in [0.25, 0.3) is 0 Å². The van der Waals surface area contributed by atoms with Crippen LogP contribution in [0.25, 0.3) is 10.4 Å². The molecule has 13 nitrogen and oxygen atoms in total. The molecule has 0 unspecified atom stereocenters. The van der Waals surface area contributed by atoms with E-state index in [2.05, 4.69) is 10.0 Å². The van der Waals surface area contributed by atoms with Gasteiger partial charge in [0.2, 0.25) is 0 Å². The molecule has 0 aromatic heterocycles. The van der Waals surface area contributed by atoms with Gasteiger partial charge < -0.3 is 47.7 Å². The van der Waals surface area contributed by atoms with Gasteiger partial charge in [0, 0.05) is 4.91 Å². The molecule has 1 saturated carbocycles. The Morgan fingerprint density at radius 3 is 1.04 bits per heavy atom. The molecule has 9 rings (SSSR count). The smallest absolute Gasteiger partial charge is 0.169 e. The van der Waals surface area contributed by atoms with Gasteiger partial charge in [-0.3, -0.25) is 0 Å². The zero-order chi connectivity index (χ0) is 50.6. The van der Waals surface area contributed by atoms with E-state index in [4.69, 9.17) is 42.6 Å². The summed E-state index contributed by atoms with van der Waals surface area (Å²) in [6.07, 6.45) is -10.5. The van der Waals surface area contributed by atoms with Crippen molar-refractivity contribution in [2.45, 2.75) is 114 Å². The lowest BCUT2D eigenvalue weighted by Gasteiger charge is -2.51. The first kappa shape index (κ1) is 52.3. The Morgan fingerprint density at radius 2 is 0.676 bits per heavy atom. The van der Waals surface area contributed by atoms with E-state index >= 15 is 0 Å². The molecular weight excluding hydrogens is 935 g/mol. The minimum atomic E-state index is -1.42. The van der Waals surface area contributed by atoms with E-state index < -0.39 is 67.3 Å².